The fourth-order valence-electron chi connectivity index (χ4n) is 2.12. The van der Waals surface area contributed by atoms with E-state index < -0.39 is 0 Å². The van der Waals surface area contributed by atoms with Gasteiger partial charge in [0.2, 0.25) is 0 Å². The van der Waals surface area contributed by atoms with Gasteiger partial charge in [-0.1, -0.05) is 37.4 Å². The van der Waals surface area contributed by atoms with Crippen LogP contribution >= 0.6 is 11.6 Å². The third-order valence-corrected chi connectivity index (χ3v) is 3.38. The molecule has 0 spiro atoms. The van der Waals surface area contributed by atoms with Crippen LogP contribution in [-0.4, -0.2) is 9.55 Å². The second kappa shape index (κ2) is 5.07. The zero-order valence-electron chi connectivity index (χ0n) is 10.3. The van der Waals surface area contributed by atoms with Crippen molar-refractivity contribution in [3.63, 3.8) is 0 Å². The van der Waals surface area contributed by atoms with Gasteiger partial charge < -0.3 is 10.3 Å². The first-order valence-corrected chi connectivity index (χ1v) is 6.39. The van der Waals surface area contributed by atoms with E-state index in [1.165, 1.54) is 0 Å². The van der Waals surface area contributed by atoms with Crippen molar-refractivity contribution < 1.29 is 0 Å². The van der Waals surface area contributed by atoms with Gasteiger partial charge in [0.25, 0.3) is 0 Å². The van der Waals surface area contributed by atoms with Crippen molar-refractivity contribution in [1.82, 2.24) is 9.55 Å². The number of halogens is 1. The van der Waals surface area contributed by atoms with Crippen molar-refractivity contribution in [2.24, 2.45) is 12.8 Å². The van der Waals surface area contributed by atoms with Crippen LogP contribution in [0.1, 0.15) is 38.1 Å². The average molecular weight is 252 g/mol. The number of unbranched alkanes of at least 4 members (excludes halogenated alkanes) is 1. The molecule has 1 aromatic carbocycles. The number of imidazole rings is 1. The van der Waals surface area contributed by atoms with Crippen molar-refractivity contribution in [2.45, 2.75) is 32.2 Å². The first-order chi connectivity index (χ1) is 8.15. The zero-order valence-corrected chi connectivity index (χ0v) is 11.0. The number of nitrogens with two attached hydrogens (primary N) is 1. The highest BCUT2D eigenvalue weighted by atomic mass is 35.5. The monoisotopic (exact) mass is 251 g/mol. The highest BCUT2D eigenvalue weighted by Gasteiger charge is 2.15. The Kier molecular flexibility index (Phi) is 3.69. The predicted molar refractivity (Wildman–Crippen MR) is 72.2 cm³/mol. The molecule has 0 saturated heterocycles. The van der Waals surface area contributed by atoms with Crippen LogP contribution in [0, 0.1) is 0 Å². The highest BCUT2D eigenvalue weighted by molar-refractivity contribution is 6.35. The van der Waals surface area contributed by atoms with Crippen molar-refractivity contribution >= 4 is 22.6 Å². The lowest BCUT2D eigenvalue weighted by Crippen LogP contribution is -2.15. The molecule has 1 atom stereocenters. The fraction of sp³-hybridized carbons (Fsp3) is 0.462. The van der Waals surface area contributed by atoms with Crippen LogP contribution in [0.5, 0.6) is 0 Å². The molecule has 1 unspecified atom stereocenters. The van der Waals surface area contributed by atoms with Crippen LogP contribution in [0.15, 0.2) is 18.2 Å². The lowest BCUT2D eigenvalue weighted by atomic mass is 10.1. The van der Waals surface area contributed by atoms with E-state index in [1.54, 1.807) is 0 Å². The molecule has 0 radical (unpaired) electrons. The standard InChI is InChI=1S/C13H18ClN3/c1-3-4-7-10(15)13-16-11-8-5-6-9(14)12(11)17(13)2/h5-6,8,10H,3-4,7,15H2,1-2H3. The third kappa shape index (κ3) is 2.31. The smallest absolute Gasteiger partial charge is 0.126 e. The van der Waals surface area contributed by atoms with Crippen LogP contribution in [0.25, 0.3) is 11.0 Å². The molecule has 1 heterocycles. The van der Waals surface area contributed by atoms with Gasteiger partial charge >= 0.3 is 0 Å². The van der Waals surface area contributed by atoms with E-state index >= 15 is 0 Å². The molecule has 3 nitrogen and oxygen atoms in total. The molecule has 4 heteroatoms. The second-order valence-corrected chi connectivity index (χ2v) is 4.79. The number of aromatic nitrogens is 2. The van der Waals surface area contributed by atoms with Gasteiger partial charge in [-0.15, -0.1) is 0 Å². The maximum atomic E-state index is 6.18. The predicted octanol–water partition coefficient (Wildman–Crippen LogP) is 3.42. The molecule has 0 amide bonds. The lowest BCUT2D eigenvalue weighted by molar-refractivity contribution is 0.561. The van der Waals surface area contributed by atoms with Gasteiger partial charge in [0.05, 0.1) is 22.1 Å². The van der Waals surface area contributed by atoms with Crippen LogP contribution in [0.3, 0.4) is 0 Å². The third-order valence-electron chi connectivity index (χ3n) is 3.08. The number of aryl methyl sites for hydroxylation is 1. The van der Waals surface area contributed by atoms with Gasteiger partial charge in [-0.3, -0.25) is 0 Å². The topological polar surface area (TPSA) is 43.8 Å². The minimum atomic E-state index is -0.0107. The van der Waals surface area contributed by atoms with Gasteiger partial charge in [0.15, 0.2) is 0 Å². The molecular weight excluding hydrogens is 234 g/mol. The van der Waals surface area contributed by atoms with E-state index in [9.17, 15) is 0 Å². The molecule has 2 N–H and O–H groups in total. The van der Waals surface area contributed by atoms with Gasteiger partial charge in [-0.05, 0) is 18.6 Å². The maximum Gasteiger partial charge on any atom is 0.126 e. The van der Waals surface area contributed by atoms with Crippen molar-refractivity contribution in [1.29, 1.82) is 0 Å². The van der Waals surface area contributed by atoms with Crippen LogP contribution in [0.2, 0.25) is 5.02 Å². The second-order valence-electron chi connectivity index (χ2n) is 4.39. The number of para-hydroxylation sites is 1. The largest absolute Gasteiger partial charge is 0.329 e. The van der Waals surface area contributed by atoms with Gasteiger partial charge in [-0.25, -0.2) is 4.98 Å². The van der Waals surface area contributed by atoms with Crippen LogP contribution in [0.4, 0.5) is 0 Å². The number of benzene rings is 1. The Labute approximate surface area is 107 Å². The van der Waals surface area contributed by atoms with Gasteiger partial charge in [-0.2, -0.15) is 0 Å². The van der Waals surface area contributed by atoms with Crippen molar-refractivity contribution in [2.75, 3.05) is 0 Å². The van der Waals surface area contributed by atoms with Crippen LogP contribution in [-0.2, 0) is 7.05 Å². The molecule has 17 heavy (non-hydrogen) atoms. The highest BCUT2D eigenvalue weighted by Crippen LogP contribution is 2.26. The van der Waals surface area contributed by atoms with E-state index in [0.29, 0.717) is 0 Å². The summed E-state index contributed by atoms with van der Waals surface area (Å²) in [6, 6.07) is 5.76. The Morgan fingerprint density at radius 2 is 2.24 bits per heavy atom. The summed E-state index contributed by atoms with van der Waals surface area (Å²) in [6.45, 7) is 2.17. The summed E-state index contributed by atoms with van der Waals surface area (Å²) >= 11 is 6.18. The molecule has 92 valence electrons. The van der Waals surface area contributed by atoms with Gasteiger partial charge in [0, 0.05) is 7.05 Å². The first-order valence-electron chi connectivity index (χ1n) is 6.01. The molecule has 0 aliphatic rings. The number of nitrogens with zero attached hydrogens (tertiary/aromatic N) is 2. The van der Waals surface area contributed by atoms with E-state index in [0.717, 1.165) is 41.1 Å². The Morgan fingerprint density at radius 3 is 2.88 bits per heavy atom. The Bertz CT molecular complexity index is 519. The first kappa shape index (κ1) is 12.4. The Balaban J connectivity index is 2.42. The zero-order chi connectivity index (χ0) is 12.4. The molecule has 0 bridgehead atoms. The summed E-state index contributed by atoms with van der Waals surface area (Å²) in [5.41, 5.74) is 8.06. The molecule has 0 saturated carbocycles. The van der Waals surface area contributed by atoms with E-state index in [2.05, 4.69) is 11.9 Å². The Hall–Kier alpha value is -1.06. The van der Waals surface area contributed by atoms with Gasteiger partial charge in [0.1, 0.15) is 5.82 Å². The lowest BCUT2D eigenvalue weighted by Gasteiger charge is -2.10. The summed E-state index contributed by atoms with van der Waals surface area (Å²) in [4.78, 5) is 4.58. The SMILES string of the molecule is CCCCC(N)c1nc2cccc(Cl)c2n1C. The molecule has 0 aliphatic carbocycles. The molecule has 2 rings (SSSR count). The maximum absolute atomic E-state index is 6.18. The van der Waals surface area contributed by atoms with Crippen molar-refractivity contribution in [3.05, 3.63) is 29.0 Å². The fourth-order valence-corrected chi connectivity index (χ4v) is 2.42. The summed E-state index contributed by atoms with van der Waals surface area (Å²) in [6.07, 6.45) is 3.24. The van der Waals surface area contributed by atoms with E-state index in [4.69, 9.17) is 17.3 Å². The van der Waals surface area contributed by atoms with Crippen LogP contribution < -0.4 is 5.73 Å². The minimum Gasteiger partial charge on any atom is -0.329 e. The van der Waals surface area contributed by atoms with E-state index in [1.807, 2.05) is 29.8 Å². The van der Waals surface area contributed by atoms with E-state index in [-0.39, 0.29) is 6.04 Å². The number of fused-ring (bicyclic) bond motifs is 1. The molecule has 0 aliphatic heterocycles. The summed E-state index contributed by atoms with van der Waals surface area (Å²) in [5, 5.41) is 0.728. The summed E-state index contributed by atoms with van der Waals surface area (Å²) < 4.78 is 2.01. The number of hydrogen-bond donors (Lipinski definition) is 1. The molecular formula is C13H18ClN3. The number of hydrogen-bond acceptors (Lipinski definition) is 2. The summed E-state index contributed by atoms with van der Waals surface area (Å²) in [7, 11) is 1.97. The molecule has 2 aromatic rings. The average Bonchev–Trinajstić information content (AvgIpc) is 2.65. The normalized spacial score (nSPS) is 13.2. The summed E-state index contributed by atoms with van der Waals surface area (Å²) in [5.74, 6) is 0.918. The Morgan fingerprint density at radius 1 is 1.47 bits per heavy atom. The minimum absolute atomic E-state index is 0.0107. The van der Waals surface area contributed by atoms with Crippen molar-refractivity contribution in [3.8, 4) is 0 Å². The number of rotatable bonds is 4. The molecule has 0 fully saturated rings. The quantitative estimate of drug-likeness (QED) is 0.905. The molecule has 1 aromatic heterocycles.